The Labute approximate surface area is 182 Å². The second kappa shape index (κ2) is 10.2. The molecule has 0 spiro atoms. The number of amides is 2. The topological polar surface area (TPSA) is 104 Å². The van der Waals surface area contributed by atoms with Gasteiger partial charge in [-0.25, -0.2) is 14.8 Å². The standard InChI is InChI=1S/C22H30N4O5/c1-13-10-14(2)24-22(23-13)31-17-8-6-15(7-9-17)25-21(27)26-16-11-18(28-3)20(30-5)19(12-16)29-4/h10-12,15,17H,6-9H2,1-5H3,(H2,25,26,27). The maximum absolute atomic E-state index is 12.5. The molecule has 1 aromatic carbocycles. The monoisotopic (exact) mass is 430 g/mol. The number of aryl methyl sites for hydroxylation is 2. The number of nitrogens with zero attached hydrogens (tertiary/aromatic N) is 2. The number of methoxy groups -OCH3 is 3. The number of benzene rings is 1. The minimum Gasteiger partial charge on any atom is -0.493 e. The summed E-state index contributed by atoms with van der Waals surface area (Å²) >= 11 is 0. The third-order valence-electron chi connectivity index (χ3n) is 5.17. The molecule has 0 radical (unpaired) electrons. The first-order valence-corrected chi connectivity index (χ1v) is 10.3. The number of anilines is 1. The number of rotatable bonds is 7. The first-order chi connectivity index (χ1) is 14.9. The molecule has 2 aromatic rings. The van der Waals surface area contributed by atoms with Crippen molar-refractivity contribution in [3.8, 4) is 23.3 Å². The zero-order valence-electron chi connectivity index (χ0n) is 18.7. The van der Waals surface area contributed by atoms with E-state index in [-0.39, 0.29) is 18.2 Å². The number of hydrogen-bond acceptors (Lipinski definition) is 7. The molecule has 0 bridgehead atoms. The van der Waals surface area contributed by atoms with E-state index >= 15 is 0 Å². The number of aromatic nitrogens is 2. The quantitative estimate of drug-likeness (QED) is 0.691. The van der Waals surface area contributed by atoms with Crippen LogP contribution in [0.1, 0.15) is 37.1 Å². The molecule has 9 nitrogen and oxygen atoms in total. The van der Waals surface area contributed by atoms with Gasteiger partial charge < -0.3 is 29.6 Å². The molecule has 0 saturated heterocycles. The van der Waals surface area contributed by atoms with Crippen molar-refractivity contribution >= 4 is 11.7 Å². The second-order valence-corrected chi connectivity index (χ2v) is 7.54. The zero-order valence-corrected chi connectivity index (χ0v) is 18.7. The van der Waals surface area contributed by atoms with Crippen LogP contribution in [0, 0.1) is 13.8 Å². The fourth-order valence-electron chi connectivity index (χ4n) is 3.73. The van der Waals surface area contributed by atoms with E-state index in [1.165, 1.54) is 21.3 Å². The van der Waals surface area contributed by atoms with E-state index in [9.17, 15) is 4.79 Å². The van der Waals surface area contributed by atoms with Crippen LogP contribution in [0.3, 0.4) is 0 Å². The van der Waals surface area contributed by atoms with Gasteiger partial charge in [0.1, 0.15) is 6.10 Å². The molecule has 1 heterocycles. The first kappa shape index (κ1) is 22.5. The van der Waals surface area contributed by atoms with E-state index in [2.05, 4.69) is 20.6 Å². The van der Waals surface area contributed by atoms with Crippen molar-refractivity contribution in [1.82, 2.24) is 15.3 Å². The van der Waals surface area contributed by atoms with E-state index in [1.54, 1.807) is 12.1 Å². The molecule has 1 aromatic heterocycles. The lowest BCUT2D eigenvalue weighted by atomic mass is 9.93. The van der Waals surface area contributed by atoms with Gasteiger partial charge in [0.2, 0.25) is 5.75 Å². The van der Waals surface area contributed by atoms with Gasteiger partial charge in [-0.3, -0.25) is 0 Å². The van der Waals surface area contributed by atoms with Crippen molar-refractivity contribution < 1.29 is 23.7 Å². The maximum Gasteiger partial charge on any atom is 0.319 e. The SMILES string of the molecule is COc1cc(NC(=O)NC2CCC(Oc3nc(C)cc(C)n3)CC2)cc(OC)c1OC. The zero-order chi connectivity index (χ0) is 22.4. The Morgan fingerprint density at radius 1 is 0.903 bits per heavy atom. The van der Waals surface area contributed by atoms with E-state index in [4.69, 9.17) is 18.9 Å². The fraction of sp³-hybridized carbons (Fsp3) is 0.500. The normalized spacial score (nSPS) is 18.1. The van der Waals surface area contributed by atoms with Crippen molar-refractivity contribution in [1.29, 1.82) is 0 Å². The van der Waals surface area contributed by atoms with Crippen LogP contribution < -0.4 is 29.6 Å². The van der Waals surface area contributed by atoms with Crippen LogP contribution in [0.25, 0.3) is 0 Å². The predicted octanol–water partition coefficient (Wildman–Crippen LogP) is 3.63. The van der Waals surface area contributed by atoms with Gasteiger partial charge in [0.15, 0.2) is 11.5 Å². The smallest absolute Gasteiger partial charge is 0.319 e. The molecule has 0 aliphatic heterocycles. The Morgan fingerprint density at radius 2 is 1.48 bits per heavy atom. The molecule has 9 heteroatoms. The molecule has 3 rings (SSSR count). The highest BCUT2D eigenvalue weighted by atomic mass is 16.5. The molecule has 1 saturated carbocycles. The summed E-state index contributed by atoms with van der Waals surface area (Å²) in [5, 5.41) is 5.86. The van der Waals surface area contributed by atoms with E-state index in [0.29, 0.717) is 28.9 Å². The molecule has 0 unspecified atom stereocenters. The third kappa shape index (κ3) is 5.90. The number of carbonyl (C=O) groups is 1. The Hall–Kier alpha value is -3.23. The second-order valence-electron chi connectivity index (χ2n) is 7.54. The lowest BCUT2D eigenvalue weighted by Gasteiger charge is -2.29. The Balaban J connectivity index is 1.52. The van der Waals surface area contributed by atoms with Crippen LogP contribution in [-0.2, 0) is 0 Å². The maximum atomic E-state index is 12.5. The largest absolute Gasteiger partial charge is 0.493 e. The first-order valence-electron chi connectivity index (χ1n) is 10.3. The van der Waals surface area contributed by atoms with Crippen molar-refractivity contribution in [2.24, 2.45) is 0 Å². The summed E-state index contributed by atoms with van der Waals surface area (Å²) in [4.78, 5) is 21.2. The molecule has 1 aliphatic carbocycles. The van der Waals surface area contributed by atoms with Gasteiger partial charge in [-0.05, 0) is 45.6 Å². The van der Waals surface area contributed by atoms with Crippen LogP contribution in [0.5, 0.6) is 23.3 Å². The van der Waals surface area contributed by atoms with E-state index < -0.39 is 0 Å². The van der Waals surface area contributed by atoms with E-state index in [1.807, 2.05) is 19.9 Å². The average Bonchev–Trinajstić information content (AvgIpc) is 2.73. The highest BCUT2D eigenvalue weighted by molar-refractivity contribution is 5.90. The summed E-state index contributed by atoms with van der Waals surface area (Å²) in [7, 11) is 4.60. The summed E-state index contributed by atoms with van der Waals surface area (Å²) < 4.78 is 21.9. The summed E-state index contributed by atoms with van der Waals surface area (Å²) in [5.74, 6) is 1.42. The van der Waals surface area contributed by atoms with Gasteiger partial charge in [0.25, 0.3) is 0 Å². The van der Waals surface area contributed by atoms with Crippen molar-refractivity contribution in [2.75, 3.05) is 26.6 Å². The van der Waals surface area contributed by atoms with Crippen LogP contribution in [0.2, 0.25) is 0 Å². The molecular formula is C22H30N4O5. The van der Waals surface area contributed by atoms with Crippen molar-refractivity contribution in [2.45, 2.75) is 51.7 Å². The average molecular weight is 431 g/mol. The van der Waals surface area contributed by atoms with Crippen LogP contribution >= 0.6 is 0 Å². The number of urea groups is 1. The molecular weight excluding hydrogens is 400 g/mol. The summed E-state index contributed by atoms with van der Waals surface area (Å²) in [6.45, 7) is 3.85. The lowest BCUT2D eigenvalue weighted by molar-refractivity contribution is 0.129. The molecule has 1 aliphatic rings. The van der Waals surface area contributed by atoms with Gasteiger partial charge in [-0.1, -0.05) is 0 Å². The van der Waals surface area contributed by atoms with Crippen LogP contribution in [-0.4, -0.2) is 49.5 Å². The van der Waals surface area contributed by atoms with Gasteiger partial charge in [0.05, 0.1) is 27.0 Å². The number of nitrogens with one attached hydrogen (secondary N) is 2. The molecule has 0 atom stereocenters. The van der Waals surface area contributed by atoms with E-state index in [0.717, 1.165) is 37.1 Å². The summed E-state index contributed by atoms with van der Waals surface area (Å²) in [6.07, 6.45) is 3.34. The molecule has 2 amide bonds. The fourth-order valence-corrected chi connectivity index (χ4v) is 3.73. The summed E-state index contributed by atoms with van der Waals surface area (Å²) in [6, 6.07) is 5.51. The minimum atomic E-state index is -0.281. The Kier molecular flexibility index (Phi) is 7.38. The molecule has 168 valence electrons. The van der Waals surface area contributed by atoms with Gasteiger partial charge in [-0.15, -0.1) is 0 Å². The van der Waals surface area contributed by atoms with Crippen molar-refractivity contribution in [3.63, 3.8) is 0 Å². The number of hydrogen-bond donors (Lipinski definition) is 2. The third-order valence-corrected chi connectivity index (χ3v) is 5.17. The number of carbonyl (C=O) groups excluding carboxylic acids is 1. The number of ether oxygens (including phenoxy) is 4. The van der Waals surface area contributed by atoms with Gasteiger partial charge in [0, 0.05) is 29.6 Å². The Morgan fingerprint density at radius 3 is 2.00 bits per heavy atom. The molecule has 2 N–H and O–H groups in total. The van der Waals surface area contributed by atoms with Crippen LogP contribution in [0.4, 0.5) is 10.5 Å². The van der Waals surface area contributed by atoms with Gasteiger partial charge in [-0.2, -0.15) is 0 Å². The predicted molar refractivity (Wildman–Crippen MR) is 116 cm³/mol. The molecule has 31 heavy (non-hydrogen) atoms. The minimum absolute atomic E-state index is 0.0532. The highest BCUT2D eigenvalue weighted by Gasteiger charge is 2.25. The van der Waals surface area contributed by atoms with Gasteiger partial charge >= 0.3 is 12.0 Å². The highest BCUT2D eigenvalue weighted by Crippen LogP contribution is 2.39. The Bertz CT molecular complexity index is 868. The lowest BCUT2D eigenvalue weighted by Crippen LogP contribution is -2.41. The summed E-state index contributed by atoms with van der Waals surface area (Å²) in [5.41, 5.74) is 2.33. The molecule has 1 fully saturated rings. The van der Waals surface area contributed by atoms with Crippen molar-refractivity contribution in [3.05, 3.63) is 29.6 Å². The van der Waals surface area contributed by atoms with Crippen LogP contribution in [0.15, 0.2) is 18.2 Å².